The Balaban J connectivity index is 2.08. The minimum Gasteiger partial charge on any atom is -0.366 e. The summed E-state index contributed by atoms with van der Waals surface area (Å²) in [7, 11) is 2.05. The highest BCUT2D eigenvalue weighted by Gasteiger charge is 2.24. The molecule has 0 aromatic carbocycles. The van der Waals surface area contributed by atoms with Crippen LogP contribution >= 0.6 is 0 Å². The number of aromatic nitrogens is 2. The normalized spacial score (nSPS) is 24.9. The van der Waals surface area contributed by atoms with Crippen molar-refractivity contribution >= 4 is 0 Å². The van der Waals surface area contributed by atoms with Crippen molar-refractivity contribution in [3.05, 3.63) is 11.7 Å². The molecule has 5 heteroatoms. The Morgan fingerprint density at radius 2 is 2.38 bits per heavy atom. The Hall–Kier alpha value is -0.940. The molecular weight excluding hydrogens is 170 g/mol. The third kappa shape index (κ3) is 1.87. The SMILES string of the molecule is Cc1noc(C2CN(C)CCO2)n1. The fourth-order valence-electron chi connectivity index (χ4n) is 1.37. The maximum atomic E-state index is 5.51. The van der Waals surface area contributed by atoms with E-state index >= 15 is 0 Å². The average Bonchev–Trinajstić information content (AvgIpc) is 2.52. The van der Waals surface area contributed by atoms with E-state index in [1.54, 1.807) is 6.92 Å². The van der Waals surface area contributed by atoms with Gasteiger partial charge in [0.15, 0.2) is 5.82 Å². The van der Waals surface area contributed by atoms with Gasteiger partial charge >= 0.3 is 0 Å². The van der Waals surface area contributed by atoms with Crippen LogP contribution in [0.15, 0.2) is 4.52 Å². The van der Waals surface area contributed by atoms with Crippen molar-refractivity contribution in [2.75, 3.05) is 26.7 Å². The molecule has 1 aliphatic rings. The van der Waals surface area contributed by atoms with E-state index in [1.807, 2.05) is 0 Å². The first-order valence-electron chi connectivity index (χ1n) is 4.36. The van der Waals surface area contributed by atoms with E-state index in [1.165, 1.54) is 0 Å². The predicted molar refractivity (Wildman–Crippen MR) is 45.2 cm³/mol. The highest BCUT2D eigenvalue weighted by molar-refractivity contribution is 4.90. The van der Waals surface area contributed by atoms with Crippen molar-refractivity contribution in [2.24, 2.45) is 0 Å². The maximum absolute atomic E-state index is 5.51. The molecule has 0 N–H and O–H groups in total. The van der Waals surface area contributed by atoms with E-state index in [0.29, 0.717) is 11.7 Å². The number of hydrogen-bond donors (Lipinski definition) is 0. The molecule has 1 atom stereocenters. The number of ether oxygens (including phenoxy) is 1. The van der Waals surface area contributed by atoms with E-state index in [9.17, 15) is 0 Å². The van der Waals surface area contributed by atoms with Crippen LogP contribution in [0.1, 0.15) is 17.8 Å². The van der Waals surface area contributed by atoms with E-state index in [2.05, 4.69) is 22.1 Å². The van der Waals surface area contributed by atoms with Gasteiger partial charge in [0.1, 0.15) is 6.10 Å². The highest BCUT2D eigenvalue weighted by Crippen LogP contribution is 2.19. The van der Waals surface area contributed by atoms with Gasteiger partial charge in [0.05, 0.1) is 6.61 Å². The summed E-state index contributed by atoms with van der Waals surface area (Å²) in [5, 5.41) is 3.73. The van der Waals surface area contributed by atoms with E-state index in [4.69, 9.17) is 9.26 Å². The van der Waals surface area contributed by atoms with Crippen LogP contribution in [-0.4, -0.2) is 41.8 Å². The van der Waals surface area contributed by atoms with Gasteiger partial charge in [-0.15, -0.1) is 0 Å². The molecular formula is C8H13N3O2. The zero-order chi connectivity index (χ0) is 9.26. The van der Waals surface area contributed by atoms with E-state index in [-0.39, 0.29) is 6.10 Å². The molecule has 1 unspecified atom stereocenters. The van der Waals surface area contributed by atoms with Crippen LogP contribution in [0.25, 0.3) is 0 Å². The van der Waals surface area contributed by atoms with Crippen molar-refractivity contribution < 1.29 is 9.26 Å². The lowest BCUT2D eigenvalue weighted by Gasteiger charge is -2.27. The fourth-order valence-corrected chi connectivity index (χ4v) is 1.37. The van der Waals surface area contributed by atoms with Crippen LogP contribution in [0.4, 0.5) is 0 Å². The van der Waals surface area contributed by atoms with Crippen LogP contribution in [0.3, 0.4) is 0 Å². The van der Waals surface area contributed by atoms with E-state index in [0.717, 1.165) is 19.7 Å². The summed E-state index contributed by atoms with van der Waals surface area (Å²) in [6.07, 6.45) is -0.0556. The van der Waals surface area contributed by atoms with Gasteiger partial charge in [-0.3, -0.25) is 0 Å². The second-order valence-corrected chi connectivity index (χ2v) is 3.30. The first-order chi connectivity index (χ1) is 6.25. The zero-order valence-corrected chi connectivity index (χ0v) is 7.86. The molecule has 0 aliphatic carbocycles. The molecule has 0 bridgehead atoms. The van der Waals surface area contributed by atoms with E-state index < -0.39 is 0 Å². The van der Waals surface area contributed by atoms with Gasteiger partial charge < -0.3 is 14.2 Å². The molecule has 1 aromatic rings. The minimum atomic E-state index is -0.0556. The molecule has 5 nitrogen and oxygen atoms in total. The van der Waals surface area contributed by atoms with Gasteiger partial charge in [0, 0.05) is 13.1 Å². The lowest BCUT2D eigenvalue weighted by Crippen LogP contribution is -2.35. The van der Waals surface area contributed by atoms with Gasteiger partial charge in [0.25, 0.3) is 5.89 Å². The van der Waals surface area contributed by atoms with Crippen molar-refractivity contribution in [3.63, 3.8) is 0 Å². The van der Waals surface area contributed by atoms with Gasteiger partial charge in [-0.2, -0.15) is 4.98 Å². The standard InChI is InChI=1S/C8H13N3O2/c1-6-9-8(13-10-6)7-5-11(2)3-4-12-7/h7H,3-5H2,1-2H3. The van der Waals surface area contributed by atoms with Crippen LogP contribution in [0.5, 0.6) is 0 Å². The van der Waals surface area contributed by atoms with Crippen LogP contribution in [0.2, 0.25) is 0 Å². The number of hydrogen-bond acceptors (Lipinski definition) is 5. The number of rotatable bonds is 1. The Morgan fingerprint density at radius 1 is 1.54 bits per heavy atom. The Bertz CT molecular complexity index is 287. The number of aryl methyl sites for hydroxylation is 1. The van der Waals surface area contributed by atoms with Crippen LogP contribution in [0, 0.1) is 6.92 Å². The van der Waals surface area contributed by atoms with Crippen molar-refractivity contribution in [3.8, 4) is 0 Å². The first-order valence-corrected chi connectivity index (χ1v) is 4.36. The van der Waals surface area contributed by atoms with Crippen LogP contribution in [-0.2, 0) is 4.74 Å². The summed E-state index contributed by atoms with van der Waals surface area (Å²) < 4.78 is 10.5. The van der Waals surface area contributed by atoms with Gasteiger partial charge in [-0.25, -0.2) is 0 Å². The Kier molecular flexibility index (Phi) is 2.28. The lowest BCUT2D eigenvalue weighted by molar-refractivity contribution is -0.0366. The zero-order valence-electron chi connectivity index (χ0n) is 7.86. The molecule has 1 fully saturated rings. The summed E-state index contributed by atoms with van der Waals surface area (Å²) >= 11 is 0. The summed E-state index contributed by atoms with van der Waals surface area (Å²) in [6.45, 7) is 4.31. The summed E-state index contributed by atoms with van der Waals surface area (Å²) in [4.78, 5) is 6.33. The molecule has 0 amide bonds. The van der Waals surface area contributed by atoms with Gasteiger partial charge in [-0.05, 0) is 14.0 Å². The highest BCUT2D eigenvalue weighted by atomic mass is 16.5. The molecule has 1 saturated heterocycles. The van der Waals surface area contributed by atoms with Crippen LogP contribution < -0.4 is 0 Å². The number of nitrogens with zero attached hydrogens (tertiary/aromatic N) is 3. The molecule has 0 saturated carbocycles. The monoisotopic (exact) mass is 183 g/mol. The van der Waals surface area contributed by atoms with Crippen molar-refractivity contribution in [2.45, 2.75) is 13.0 Å². The third-order valence-electron chi connectivity index (χ3n) is 2.09. The molecule has 0 spiro atoms. The van der Waals surface area contributed by atoms with Crippen molar-refractivity contribution in [1.82, 2.24) is 15.0 Å². The molecule has 2 heterocycles. The predicted octanol–water partition coefficient (Wildman–Crippen LogP) is 0.381. The molecule has 1 aromatic heterocycles. The average molecular weight is 183 g/mol. The second-order valence-electron chi connectivity index (χ2n) is 3.30. The smallest absolute Gasteiger partial charge is 0.257 e. The first kappa shape index (κ1) is 8.65. The van der Waals surface area contributed by atoms with Crippen molar-refractivity contribution in [1.29, 1.82) is 0 Å². The quantitative estimate of drug-likeness (QED) is 0.630. The number of likely N-dealkylation sites (N-methyl/N-ethyl adjacent to an activating group) is 1. The second kappa shape index (κ2) is 3.43. The lowest BCUT2D eigenvalue weighted by atomic mass is 10.3. The fraction of sp³-hybridized carbons (Fsp3) is 0.750. The summed E-state index contributed by atoms with van der Waals surface area (Å²) in [5.74, 6) is 1.25. The molecule has 13 heavy (non-hydrogen) atoms. The molecule has 72 valence electrons. The number of morpholine rings is 1. The Labute approximate surface area is 76.7 Å². The maximum Gasteiger partial charge on any atom is 0.257 e. The van der Waals surface area contributed by atoms with Gasteiger partial charge in [-0.1, -0.05) is 5.16 Å². The molecule has 2 rings (SSSR count). The largest absolute Gasteiger partial charge is 0.366 e. The minimum absolute atomic E-state index is 0.0556. The Morgan fingerprint density at radius 3 is 3.00 bits per heavy atom. The van der Waals surface area contributed by atoms with Gasteiger partial charge in [0.2, 0.25) is 0 Å². The molecule has 0 radical (unpaired) electrons. The topological polar surface area (TPSA) is 51.4 Å². The summed E-state index contributed by atoms with van der Waals surface area (Å²) in [5.41, 5.74) is 0. The summed E-state index contributed by atoms with van der Waals surface area (Å²) in [6, 6.07) is 0. The molecule has 1 aliphatic heterocycles. The third-order valence-corrected chi connectivity index (χ3v) is 2.09.